The molecule has 156 valence electrons. The van der Waals surface area contributed by atoms with Gasteiger partial charge >= 0.3 is 0 Å². The number of sulfonamides is 1. The van der Waals surface area contributed by atoms with Crippen molar-refractivity contribution in [2.75, 3.05) is 51.8 Å². The van der Waals surface area contributed by atoms with Gasteiger partial charge in [0.15, 0.2) is 11.5 Å². The van der Waals surface area contributed by atoms with Crippen LogP contribution < -0.4 is 19.1 Å². The van der Waals surface area contributed by atoms with Gasteiger partial charge in [-0.2, -0.15) is 0 Å². The van der Waals surface area contributed by atoms with E-state index >= 15 is 0 Å². The second-order valence-electron chi connectivity index (χ2n) is 6.54. The predicted octanol–water partition coefficient (Wildman–Crippen LogP) is 1.33. The molecule has 2 aromatic carbocycles. The van der Waals surface area contributed by atoms with E-state index in [0.29, 0.717) is 37.7 Å². The number of carbonyl (C=O) groups excluding carboxylic acids is 1. The molecular formula is C20H25N3O5S. The Bertz CT molecular complexity index is 942. The Hall–Kier alpha value is -2.78. The van der Waals surface area contributed by atoms with Crippen LogP contribution in [0.15, 0.2) is 53.4 Å². The largest absolute Gasteiger partial charge is 0.493 e. The quantitative estimate of drug-likeness (QED) is 0.729. The minimum atomic E-state index is -3.85. The number of hydrogen-bond donors (Lipinski definition) is 1. The lowest BCUT2D eigenvalue weighted by Crippen LogP contribution is -2.51. The minimum absolute atomic E-state index is 0.0110. The van der Waals surface area contributed by atoms with Gasteiger partial charge in [0.05, 0.1) is 25.7 Å². The van der Waals surface area contributed by atoms with Crippen molar-refractivity contribution in [3.05, 3.63) is 48.5 Å². The zero-order chi connectivity index (χ0) is 20.9. The molecule has 0 saturated carbocycles. The summed E-state index contributed by atoms with van der Waals surface area (Å²) in [5.74, 6) is 0.485. The van der Waals surface area contributed by atoms with E-state index in [4.69, 9.17) is 9.47 Å². The van der Waals surface area contributed by atoms with Crippen LogP contribution in [0.5, 0.6) is 11.5 Å². The Kier molecular flexibility index (Phi) is 6.60. The number of nitrogens with zero attached hydrogens (tertiary/aromatic N) is 2. The maximum atomic E-state index is 12.5. The van der Waals surface area contributed by atoms with Crippen LogP contribution in [0, 0.1) is 0 Å². The molecule has 0 spiro atoms. The summed E-state index contributed by atoms with van der Waals surface area (Å²) < 4.78 is 37.7. The summed E-state index contributed by atoms with van der Waals surface area (Å²) in [5.41, 5.74) is 1.12. The average molecular weight is 420 g/mol. The van der Waals surface area contributed by atoms with Crippen molar-refractivity contribution in [2.45, 2.75) is 4.90 Å². The number of hydrogen-bond acceptors (Lipinski definition) is 6. The SMILES string of the molecule is COc1ccc(S(=O)(=O)NCC(=O)N2CCN(c3ccccc3)CC2)cc1OC. The van der Waals surface area contributed by atoms with Gasteiger partial charge in [0.1, 0.15) is 0 Å². The number of nitrogens with one attached hydrogen (secondary N) is 1. The predicted molar refractivity (Wildman–Crippen MR) is 110 cm³/mol. The van der Waals surface area contributed by atoms with Crippen molar-refractivity contribution >= 4 is 21.6 Å². The summed E-state index contributed by atoms with van der Waals surface area (Å²) in [6, 6.07) is 14.3. The van der Waals surface area contributed by atoms with E-state index in [1.165, 1.54) is 32.4 Å². The van der Waals surface area contributed by atoms with E-state index in [-0.39, 0.29) is 17.3 Å². The van der Waals surface area contributed by atoms with Gasteiger partial charge in [-0.25, -0.2) is 13.1 Å². The Morgan fingerprint density at radius 2 is 1.62 bits per heavy atom. The zero-order valence-electron chi connectivity index (χ0n) is 16.5. The van der Waals surface area contributed by atoms with Crippen LogP contribution >= 0.6 is 0 Å². The summed E-state index contributed by atoms with van der Waals surface area (Å²) in [4.78, 5) is 16.4. The number of carbonyl (C=O) groups is 1. The van der Waals surface area contributed by atoms with Gasteiger partial charge in [-0.3, -0.25) is 4.79 Å². The van der Waals surface area contributed by atoms with Gasteiger partial charge in [-0.1, -0.05) is 18.2 Å². The Balaban J connectivity index is 1.56. The van der Waals surface area contributed by atoms with Gasteiger partial charge in [0, 0.05) is 37.9 Å². The van der Waals surface area contributed by atoms with E-state index in [1.54, 1.807) is 4.90 Å². The molecule has 0 unspecified atom stereocenters. The van der Waals surface area contributed by atoms with Crippen molar-refractivity contribution < 1.29 is 22.7 Å². The maximum Gasteiger partial charge on any atom is 0.241 e. The monoisotopic (exact) mass is 419 g/mol. The molecule has 1 N–H and O–H groups in total. The Labute approximate surface area is 171 Å². The number of anilines is 1. The standard InChI is InChI=1S/C20H25N3O5S/c1-27-18-9-8-17(14-19(18)28-2)29(25,26)21-15-20(24)23-12-10-22(11-13-23)16-6-4-3-5-7-16/h3-9,14,21H,10-13,15H2,1-2H3. The molecule has 0 atom stereocenters. The highest BCUT2D eigenvalue weighted by Crippen LogP contribution is 2.29. The maximum absolute atomic E-state index is 12.5. The van der Waals surface area contributed by atoms with Gasteiger partial charge < -0.3 is 19.3 Å². The van der Waals surface area contributed by atoms with Crippen LogP contribution in [0.4, 0.5) is 5.69 Å². The third-order valence-corrected chi connectivity index (χ3v) is 6.23. The summed E-state index contributed by atoms with van der Waals surface area (Å²) in [6.45, 7) is 2.22. The minimum Gasteiger partial charge on any atom is -0.493 e. The number of para-hydroxylation sites is 1. The smallest absolute Gasteiger partial charge is 0.241 e. The van der Waals surface area contributed by atoms with Crippen molar-refractivity contribution in [3.63, 3.8) is 0 Å². The van der Waals surface area contributed by atoms with Crippen molar-refractivity contribution in [3.8, 4) is 11.5 Å². The molecule has 1 aliphatic heterocycles. The number of methoxy groups -OCH3 is 2. The molecule has 0 radical (unpaired) electrons. The Morgan fingerprint density at radius 3 is 2.24 bits per heavy atom. The van der Waals surface area contributed by atoms with Crippen LogP contribution in [0.1, 0.15) is 0 Å². The van der Waals surface area contributed by atoms with Crippen LogP contribution in [0.25, 0.3) is 0 Å². The molecule has 8 nitrogen and oxygen atoms in total. The first-order valence-electron chi connectivity index (χ1n) is 9.24. The average Bonchev–Trinajstić information content (AvgIpc) is 2.77. The first-order chi connectivity index (χ1) is 13.9. The fourth-order valence-electron chi connectivity index (χ4n) is 3.19. The van der Waals surface area contributed by atoms with E-state index in [0.717, 1.165) is 5.69 Å². The highest BCUT2D eigenvalue weighted by Gasteiger charge is 2.23. The number of ether oxygens (including phenoxy) is 2. The van der Waals surface area contributed by atoms with E-state index in [1.807, 2.05) is 30.3 Å². The highest BCUT2D eigenvalue weighted by molar-refractivity contribution is 7.89. The van der Waals surface area contributed by atoms with E-state index in [9.17, 15) is 13.2 Å². The molecule has 3 rings (SSSR count). The molecule has 1 aliphatic rings. The molecule has 9 heteroatoms. The number of piperazine rings is 1. The summed E-state index contributed by atoms with van der Waals surface area (Å²) in [5, 5.41) is 0. The van der Waals surface area contributed by atoms with Crippen LogP contribution in [-0.4, -0.2) is 66.2 Å². The topological polar surface area (TPSA) is 88.2 Å². The van der Waals surface area contributed by atoms with Crippen molar-refractivity contribution in [1.82, 2.24) is 9.62 Å². The first kappa shape index (κ1) is 20.9. The third kappa shape index (κ3) is 4.99. The summed E-state index contributed by atoms with van der Waals surface area (Å²) in [7, 11) is -0.945. The van der Waals surface area contributed by atoms with Crippen molar-refractivity contribution in [1.29, 1.82) is 0 Å². The molecule has 29 heavy (non-hydrogen) atoms. The van der Waals surface area contributed by atoms with Crippen LogP contribution in [0.2, 0.25) is 0 Å². The number of amides is 1. The lowest BCUT2D eigenvalue weighted by molar-refractivity contribution is -0.130. The fourth-order valence-corrected chi connectivity index (χ4v) is 4.18. The molecule has 0 bridgehead atoms. The molecule has 0 aromatic heterocycles. The normalized spacial score (nSPS) is 14.6. The van der Waals surface area contributed by atoms with Crippen molar-refractivity contribution in [2.24, 2.45) is 0 Å². The zero-order valence-corrected chi connectivity index (χ0v) is 17.3. The molecule has 1 fully saturated rings. The highest BCUT2D eigenvalue weighted by atomic mass is 32.2. The van der Waals surface area contributed by atoms with E-state index < -0.39 is 10.0 Å². The van der Waals surface area contributed by atoms with Crippen LogP contribution in [0.3, 0.4) is 0 Å². The lowest BCUT2D eigenvalue weighted by atomic mass is 10.2. The van der Waals surface area contributed by atoms with Gasteiger partial charge in [0.25, 0.3) is 0 Å². The molecule has 1 saturated heterocycles. The second kappa shape index (κ2) is 9.15. The molecule has 0 aliphatic carbocycles. The van der Waals surface area contributed by atoms with Gasteiger partial charge in [-0.15, -0.1) is 0 Å². The lowest BCUT2D eigenvalue weighted by Gasteiger charge is -2.36. The van der Waals surface area contributed by atoms with Gasteiger partial charge in [0.2, 0.25) is 15.9 Å². The first-order valence-corrected chi connectivity index (χ1v) is 10.7. The summed E-state index contributed by atoms with van der Waals surface area (Å²) >= 11 is 0. The second-order valence-corrected chi connectivity index (χ2v) is 8.31. The Morgan fingerprint density at radius 1 is 0.966 bits per heavy atom. The van der Waals surface area contributed by atoms with E-state index in [2.05, 4.69) is 9.62 Å². The molecular weight excluding hydrogens is 394 g/mol. The summed E-state index contributed by atoms with van der Waals surface area (Å²) in [6.07, 6.45) is 0. The number of rotatable bonds is 7. The molecule has 1 amide bonds. The fraction of sp³-hybridized carbons (Fsp3) is 0.350. The molecule has 2 aromatic rings. The van der Waals surface area contributed by atoms with Gasteiger partial charge in [-0.05, 0) is 24.3 Å². The molecule has 1 heterocycles. The van der Waals surface area contributed by atoms with Crippen LogP contribution in [-0.2, 0) is 14.8 Å². The third-order valence-electron chi connectivity index (χ3n) is 4.83. The number of benzene rings is 2.